The number of rotatable bonds is 5. The van der Waals surface area contributed by atoms with Gasteiger partial charge in [0.15, 0.2) is 11.5 Å². The monoisotopic (exact) mass is 389 g/mol. The summed E-state index contributed by atoms with van der Waals surface area (Å²) in [7, 11) is 0. The van der Waals surface area contributed by atoms with Crippen molar-refractivity contribution >= 4 is 34.3 Å². The van der Waals surface area contributed by atoms with Crippen molar-refractivity contribution in [3.8, 4) is 21.3 Å². The van der Waals surface area contributed by atoms with Crippen molar-refractivity contribution in [3.05, 3.63) is 77.0 Å². The zero-order chi connectivity index (χ0) is 18.1. The molecule has 5 rings (SSSR count). The van der Waals surface area contributed by atoms with Crippen LogP contribution >= 0.6 is 22.7 Å². The predicted octanol–water partition coefficient (Wildman–Crippen LogP) is 5.19. The number of nitrogens with one attached hydrogen (secondary N) is 1. The second-order valence-corrected chi connectivity index (χ2v) is 7.86. The minimum Gasteiger partial charge on any atom is -0.350 e. The topological polar surface area (TPSA) is 55.1 Å². The molecule has 0 aliphatic heterocycles. The molecule has 4 heterocycles. The summed E-state index contributed by atoms with van der Waals surface area (Å²) in [5.74, 6) is 1.40. The van der Waals surface area contributed by atoms with Crippen molar-refractivity contribution < 1.29 is 0 Å². The molecule has 0 saturated carbocycles. The lowest BCUT2D eigenvalue weighted by Crippen LogP contribution is -2.07. The molecule has 0 spiro atoms. The van der Waals surface area contributed by atoms with Crippen molar-refractivity contribution in [1.82, 2.24) is 19.6 Å². The van der Waals surface area contributed by atoms with E-state index in [9.17, 15) is 0 Å². The summed E-state index contributed by atoms with van der Waals surface area (Å²) in [4.78, 5) is 11.6. The Balaban J connectivity index is 1.58. The van der Waals surface area contributed by atoms with Crippen LogP contribution in [0.5, 0.6) is 0 Å². The Morgan fingerprint density at radius 1 is 0.852 bits per heavy atom. The Morgan fingerprint density at radius 3 is 2.37 bits per heavy atom. The van der Waals surface area contributed by atoms with Crippen LogP contribution < -0.4 is 5.32 Å². The average molecular weight is 390 g/mol. The van der Waals surface area contributed by atoms with Crippen LogP contribution in [0.3, 0.4) is 0 Å². The summed E-state index contributed by atoms with van der Waals surface area (Å²) in [6, 6.07) is 20.4. The quantitative estimate of drug-likeness (QED) is 0.449. The Labute approximate surface area is 164 Å². The van der Waals surface area contributed by atoms with Crippen LogP contribution in [0.1, 0.15) is 5.56 Å². The normalized spacial score (nSPS) is 11.1. The smallest absolute Gasteiger partial charge is 0.227 e. The number of aromatic nitrogens is 4. The van der Waals surface area contributed by atoms with Crippen LogP contribution in [0.4, 0.5) is 5.95 Å². The maximum atomic E-state index is 4.75. The van der Waals surface area contributed by atoms with Gasteiger partial charge < -0.3 is 5.32 Å². The van der Waals surface area contributed by atoms with Gasteiger partial charge in [-0.25, -0.2) is 0 Å². The van der Waals surface area contributed by atoms with Gasteiger partial charge in [0, 0.05) is 12.6 Å². The number of nitrogens with zero attached hydrogens (tertiary/aromatic N) is 4. The molecule has 0 amide bonds. The van der Waals surface area contributed by atoms with Gasteiger partial charge in [-0.2, -0.15) is 19.6 Å². The van der Waals surface area contributed by atoms with Crippen molar-refractivity contribution in [3.63, 3.8) is 0 Å². The fourth-order valence-corrected chi connectivity index (χ4v) is 4.23. The molecule has 1 N–H and O–H groups in total. The molecule has 0 aliphatic rings. The van der Waals surface area contributed by atoms with Gasteiger partial charge in [-0.3, -0.25) is 0 Å². The molecule has 27 heavy (non-hydrogen) atoms. The van der Waals surface area contributed by atoms with Gasteiger partial charge in [-0.15, -0.1) is 22.7 Å². The van der Waals surface area contributed by atoms with Crippen LogP contribution in [0.15, 0.2) is 71.4 Å². The fourth-order valence-electron chi connectivity index (χ4n) is 2.85. The van der Waals surface area contributed by atoms with E-state index in [1.165, 1.54) is 5.56 Å². The number of hydrogen-bond acceptors (Lipinski definition) is 6. The van der Waals surface area contributed by atoms with E-state index in [1.54, 1.807) is 22.7 Å². The van der Waals surface area contributed by atoms with E-state index in [0.717, 1.165) is 26.9 Å². The van der Waals surface area contributed by atoms with Gasteiger partial charge in [0.2, 0.25) is 5.95 Å². The maximum absolute atomic E-state index is 4.75. The number of anilines is 1. The first kappa shape index (κ1) is 16.2. The molecular weight excluding hydrogens is 374 g/mol. The summed E-state index contributed by atoms with van der Waals surface area (Å²) in [5, 5.41) is 12.2. The average Bonchev–Trinajstić information content (AvgIpc) is 3.47. The first-order chi connectivity index (χ1) is 13.4. The highest BCUT2D eigenvalue weighted by molar-refractivity contribution is 7.13. The highest BCUT2D eigenvalue weighted by atomic mass is 32.1. The molecule has 4 aromatic heterocycles. The van der Waals surface area contributed by atoms with E-state index in [0.29, 0.717) is 12.5 Å². The van der Waals surface area contributed by atoms with E-state index in [2.05, 4.69) is 39.9 Å². The summed E-state index contributed by atoms with van der Waals surface area (Å²) in [6.45, 7) is 0.673. The molecule has 0 bridgehead atoms. The summed E-state index contributed by atoms with van der Waals surface area (Å²) in [6.07, 6.45) is 0. The van der Waals surface area contributed by atoms with E-state index < -0.39 is 0 Å². The second-order valence-electron chi connectivity index (χ2n) is 5.96. The molecule has 1 aromatic carbocycles. The molecule has 132 valence electrons. The van der Waals surface area contributed by atoms with E-state index in [4.69, 9.17) is 10.1 Å². The van der Waals surface area contributed by atoms with Crippen LogP contribution in [0.2, 0.25) is 0 Å². The van der Waals surface area contributed by atoms with Crippen LogP contribution in [0.25, 0.3) is 26.9 Å². The summed E-state index contributed by atoms with van der Waals surface area (Å²) < 4.78 is 1.83. The van der Waals surface area contributed by atoms with E-state index in [-0.39, 0.29) is 0 Å². The molecule has 0 atom stereocenters. The molecule has 0 aliphatic carbocycles. The highest BCUT2D eigenvalue weighted by Gasteiger charge is 2.15. The van der Waals surface area contributed by atoms with Gasteiger partial charge in [0.05, 0.1) is 9.75 Å². The lowest BCUT2D eigenvalue weighted by atomic mass is 10.2. The van der Waals surface area contributed by atoms with Gasteiger partial charge in [-0.1, -0.05) is 42.5 Å². The lowest BCUT2D eigenvalue weighted by Gasteiger charge is -2.08. The van der Waals surface area contributed by atoms with Gasteiger partial charge in [0.25, 0.3) is 0 Å². The Bertz CT molecular complexity index is 1160. The van der Waals surface area contributed by atoms with Gasteiger partial charge in [-0.05, 0) is 28.5 Å². The molecule has 5 aromatic rings. The van der Waals surface area contributed by atoms with Crippen LogP contribution in [-0.4, -0.2) is 19.6 Å². The molecule has 7 heteroatoms. The molecule has 5 nitrogen and oxygen atoms in total. The Morgan fingerprint density at radius 2 is 1.63 bits per heavy atom. The van der Waals surface area contributed by atoms with Crippen LogP contribution in [-0.2, 0) is 6.54 Å². The zero-order valence-corrected chi connectivity index (χ0v) is 15.9. The molecular formula is C20H15N5S2. The summed E-state index contributed by atoms with van der Waals surface area (Å²) in [5.41, 5.74) is 2.89. The van der Waals surface area contributed by atoms with Crippen molar-refractivity contribution in [1.29, 1.82) is 0 Å². The van der Waals surface area contributed by atoms with E-state index in [1.807, 2.05) is 46.3 Å². The SMILES string of the molecule is c1ccc(CNc2nc(-c3cccs3)n3nc(-c4cccs4)cc3n2)cc1. The Kier molecular flexibility index (Phi) is 4.16. The first-order valence-electron chi connectivity index (χ1n) is 8.50. The number of thiophene rings is 2. The maximum Gasteiger partial charge on any atom is 0.227 e. The molecule has 0 saturated heterocycles. The largest absolute Gasteiger partial charge is 0.350 e. The first-order valence-corrected chi connectivity index (χ1v) is 10.3. The van der Waals surface area contributed by atoms with Gasteiger partial charge in [0.1, 0.15) is 5.69 Å². The van der Waals surface area contributed by atoms with Crippen molar-refractivity contribution in [2.75, 3.05) is 5.32 Å². The number of fused-ring (bicyclic) bond motifs is 1. The van der Waals surface area contributed by atoms with Crippen LogP contribution in [0, 0.1) is 0 Å². The summed E-state index contributed by atoms with van der Waals surface area (Å²) >= 11 is 3.31. The minimum atomic E-state index is 0.604. The molecule has 0 fully saturated rings. The molecule has 0 radical (unpaired) electrons. The van der Waals surface area contributed by atoms with Gasteiger partial charge >= 0.3 is 0 Å². The third kappa shape index (κ3) is 3.22. The fraction of sp³-hybridized carbons (Fsp3) is 0.0500. The van der Waals surface area contributed by atoms with Crippen molar-refractivity contribution in [2.45, 2.75) is 6.54 Å². The number of hydrogen-bond donors (Lipinski definition) is 1. The lowest BCUT2D eigenvalue weighted by molar-refractivity contribution is 0.905. The third-order valence-electron chi connectivity index (χ3n) is 4.13. The third-order valence-corrected chi connectivity index (χ3v) is 5.89. The molecule has 0 unspecified atom stereocenters. The predicted molar refractivity (Wildman–Crippen MR) is 111 cm³/mol. The standard InChI is InChI=1S/C20H15N5S2/c1-2-6-14(7-3-1)13-21-20-22-18-12-15(16-8-4-10-26-16)24-25(18)19(23-20)17-9-5-11-27-17/h1-12H,13H2,(H,21,22). The Hall–Kier alpha value is -3.03. The second kappa shape index (κ2) is 6.94. The number of benzene rings is 1. The minimum absolute atomic E-state index is 0.604. The van der Waals surface area contributed by atoms with E-state index >= 15 is 0 Å². The van der Waals surface area contributed by atoms with Crippen molar-refractivity contribution in [2.24, 2.45) is 0 Å². The zero-order valence-electron chi connectivity index (χ0n) is 14.2. The highest BCUT2D eigenvalue weighted by Crippen LogP contribution is 2.28.